The molecule has 0 radical (unpaired) electrons. The van der Waals surface area contributed by atoms with Gasteiger partial charge in [0.05, 0.1) is 5.69 Å². The molecule has 21 heavy (non-hydrogen) atoms. The number of hydrazine groups is 1. The number of nitrogens with two attached hydrogens (primary N) is 1. The summed E-state index contributed by atoms with van der Waals surface area (Å²) in [6.07, 6.45) is 0.799. The van der Waals surface area contributed by atoms with Crippen LogP contribution in [0.2, 0.25) is 0 Å². The second-order valence-electron chi connectivity index (χ2n) is 4.56. The van der Waals surface area contributed by atoms with Crippen molar-refractivity contribution in [3.05, 3.63) is 34.5 Å². The third-order valence-electron chi connectivity index (χ3n) is 2.91. The molecule has 0 aliphatic rings. The minimum atomic E-state index is -0.561. The Bertz CT molecular complexity index is 713. The van der Waals surface area contributed by atoms with Crippen molar-refractivity contribution < 1.29 is 10.2 Å². The van der Waals surface area contributed by atoms with Gasteiger partial charge < -0.3 is 10.2 Å². The van der Waals surface area contributed by atoms with Crippen LogP contribution in [0.15, 0.2) is 23.0 Å². The van der Waals surface area contributed by atoms with E-state index in [1.807, 2.05) is 6.92 Å². The van der Waals surface area contributed by atoms with E-state index >= 15 is 0 Å². The molecule has 0 spiro atoms. The van der Waals surface area contributed by atoms with E-state index in [-0.39, 0.29) is 17.4 Å². The predicted octanol–water partition coefficient (Wildman–Crippen LogP) is 0.437. The van der Waals surface area contributed by atoms with Crippen LogP contribution in [-0.2, 0) is 0 Å². The number of hydrogen-bond acceptors (Lipinski definition) is 7. The smallest absolute Gasteiger partial charge is 0.356 e. The summed E-state index contributed by atoms with van der Waals surface area (Å²) >= 11 is 0. The van der Waals surface area contributed by atoms with Gasteiger partial charge in [0, 0.05) is 12.6 Å². The van der Waals surface area contributed by atoms with Gasteiger partial charge in [-0.2, -0.15) is 9.97 Å². The molecule has 1 aromatic heterocycles. The standard InChI is InChI=1S/C13H17N5O3/c1-3-6-17(14)12-15-8(2)18(13(21)16-12)9-4-5-10(19)11(20)7-9/h4-5,7,19-20H,3,6,14H2,1-2H3. The van der Waals surface area contributed by atoms with Gasteiger partial charge in [-0.15, -0.1) is 0 Å². The average molecular weight is 291 g/mol. The summed E-state index contributed by atoms with van der Waals surface area (Å²) in [7, 11) is 0. The van der Waals surface area contributed by atoms with Crippen molar-refractivity contribution in [2.75, 3.05) is 11.6 Å². The molecule has 0 aliphatic carbocycles. The summed E-state index contributed by atoms with van der Waals surface area (Å²) in [5.41, 5.74) is -0.201. The van der Waals surface area contributed by atoms with Gasteiger partial charge in [0.25, 0.3) is 0 Å². The molecule has 0 fully saturated rings. The lowest BCUT2D eigenvalue weighted by atomic mass is 10.2. The largest absolute Gasteiger partial charge is 0.504 e. The van der Waals surface area contributed by atoms with Gasteiger partial charge in [-0.25, -0.2) is 15.2 Å². The van der Waals surface area contributed by atoms with Gasteiger partial charge in [0.15, 0.2) is 11.5 Å². The zero-order valence-electron chi connectivity index (χ0n) is 11.8. The topological polar surface area (TPSA) is 118 Å². The van der Waals surface area contributed by atoms with E-state index in [2.05, 4.69) is 9.97 Å². The highest BCUT2D eigenvalue weighted by Gasteiger charge is 2.13. The van der Waals surface area contributed by atoms with Crippen LogP contribution in [0.25, 0.3) is 5.69 Å². The van der Waals surface area contributed by atoms with Crippen LogP contribution in [0.4, 0.5) is 5.95 Å². The van der Waals surface area contributed by atoms with Crippen molar-refractivity contribution in [3.63, 3.8) is 0 Å². The first kappa shape index (κ1) is 14.8. The van der Waals surface area contributed by atoms with Gasteiger partial charge in [0.2, 0.25) is 5.95 Å². The highest BCUT2D eigenvalue weighted by molar-refractivity contribution is 5.47. The molecule has 0 bridgehead atoms. The summed E-state index contributed by atoms with van der Waals surface area (Å²) in [5.74, 6) is 5.70. The van der Waals surface area contributed by atoms with Gasteiger partial charge in [-0.3, -0.25) is 5.01 Å². The third-order valence-corrected chi connectivity index (χ3v) is 2.91. The lowest BCUT2D eigenvalue weighted by Gasteiger charge is -2.17. The van der Waals surface area contributed by atoms with Crippen LogP contribution in [0.3, 0.4) is 0 Å². The molecule has 8 nitrogen and oxygen atoms in total. The maximum Gasteiger partial charge on any atom is 0.356 e. The fraction of sp³-hybridized carbons (Fsp3) is 0.308. The number of nitrogens with zero attached hydrogens (tertiary/aromatic N) is 4. The first-order valence-electron chi connectivity index (χ1n) is 6.46. The van der Waals surface area contributed by atoms with Crippen molar-refractivity contribution in [2.24, 2.45) is 5.84 Å². The summed E-state index contributed by atoms with van der Waals surface area (Å²) in [5, 5.41) is 20.1. The third kappa shape index (κ3) is 2.95. The van der Waals surface area contributed by atoms with E-state index in [0.717, 1.165) is 6.42 Å². The maximum absolute atomic E-state index is 12.2. The highest BCUT2D eigenvalue weighted by atomic mass is 16.3. The molecule has 1 aromatic carbocycles. The van der Waals surface area contributed by atoms with Gasteiger partial charge >= 0.3 is 5.69 Å². The molecule has 0 saturated heterocycles. The Morgan fingerprint density at radius 2 is 2.00 bits per heavy atom. The minimum absolute atomic E-state index is 0.151. The first-order valence-corrected chi connectivity index (χ1v) is 6.46. The molecule has 0 saturated carbocycles. The predicted molar refractivity (Wildman–Crippen MR) is 77.5 cm³/mol. The molecule has 0 unspecified atom stereocenters. The number of aromatic nitrogens is 3. The Balaban J connectivity index is 2.51. The fourth-order valence-electron chi connectivity index (χ4n) is 1.91. The van der Waals surface area contributed by atoms with E-state index in [1.54, 1.807) is 6.92 Å². The van der Waals surface area contributed by atoms with E-state index in [4.69, 9.17) is 5.84 Å². The van der Waals surface area contributed by atoms with Crippen molar-refractivity contribution in [2.45, 2.75) is 20.3 Å². The van der Waals surface area contributed by atoms with Gasteiger partial charge in [-0.05, 0) is 25.5 Å². The van der Waals surface area contributed by atoms with Crippen LogP contribution >= 0.6 is 0 Å². The van der Waals surface area contributed by atoms with Gasteiger partial charge in [0.1, 0.15) is 5.82 Å². The normalized spacial score (nSPS) is 10.6. The number of rotatable bonds is 4. The molecule has 2 rings (SSSR count). The molecule has 0 amide bonds. The van der Waals surface area contributed by atoms with E-state index in [0.29, 0.717) is 18.1 Å². The Kier molecular flexibility index (Phi) is 4.08. The number of phenols is 2. The zero-order valence-corrected chi connectivity index (χ0v) is 11.8. The van der Waals surface area contributed by atoms with E-state index < -0.39 is 5.69 Å². The molecule has 112 valence electrons. The zero-order chi connectivity index (χ0) is 15.6. The molecule has 8 heteroatoms. The number of aromatic hydroxyl groups is 2. The molecule has 1 heterocycles. The van der Waals surface area contributed by atoms with Crippen molar-refractivity contribution >= 4 is 5.95 Å². The molecule has 0 aliphatic heterocycles. The maximum atomic E-state index is 12.2. The second-order valence-corrected chi connectivity index (χ2v) is 4.56. The van der Waals surface area contributed by atoms with E-state index in [1.165, 1.54) is 27.8 Å². The summed E-state index contributed by atoms with van der Waals surface area (Å²) in [6, 6.07) is 4.04. The fourth-order valence-corrected chi connectivity index (χ4v) is 1.91. The Labute approximate surface area is 121 Å². The number of aryl methyl sites for hydroxylation is 1. The summed E-state index contributed by atoms with van der Waals surface area (Å²) in [6.45, 7) is 4.12. The second kappa shape index (κ2) is 5.80. The number of benzene rings is 1. The number of anilines is 1. The van der Waals surface area contributed by atoms with Crippen molar-refractivity contribution in [1.29, 1.82) is 0 Å². The average Bonchev–Trinajstić information content (AvgIpc) is 2.42. The highest BCUT2D eigenvalue weighted by Crippen LogP contribution is 2.26. The van der Waals surface area contributed by atoms with Crippen LogP contribution in [0.5, 0.6) is 11.5 Å². The van der Waals surface area contributed by atoms with Crippen molar-refractivity contribution in [3.8, 4) is 17.2 Å². The van der Waals surface area contributed by atoms with E-state index in [9.17, 15) is 15.0 Å². The van der Waals surface area contributed by atoms with Crippen molar-refractivity contribution in [1.82, 2.24) is 14.5 Å². The molecule has 2 aromatic rings. The molecular weight excluding hydrogens is 274 g/mol. The molecule has 4 N–H and O–H groups in total. The van der Waals surface area contributed by atoms with Crippen LogP contribution in [0.1, 0.15) is 19.2 Å². The quantitative estimate of drug-likeness (QED) is 0.425. The Morgan fingerprint density at radius 3 is 2.57 bits per heavy atom. The minimum Gasteiger partial charge on any atom is -0.504 e. The Morgan fingerprint density at radius 1 is 1.29 bits per heavy atom. The SMILES string of the molecule is CCCN(N)c1nc(C)n(-c2ccc(O)c(O)c2)c(=O)n1. The van der Waals surface area contributed by atoms with Gasteiger partial charge in [-0.1, -0.05) is 6.92 Å². The molecule has 0 atom stereocenters. The van der Waals surface area contributed by atoms with Crippen LogP contribution < -0.4 is 16.5 Å². The van der Waals surface area contributed by atoms with Crippen LogP contribution in [0, 0.1) is 6.92 Å². The summed E-state index contributed by atoms with van der Waals surface area (Å²) < 4.78 is 1.22. The Hall–Kier alpha value is -2.61. The number of phenolic OH excluding ortho intramolecular Hbond substituents is 2. The van der Waals surface area contributed by atoms with Crippen LogP contribution in [-0.4, -0.2) is 31.3 Å². The lowest BCUT2D eigenvalue weighted by molar-refractivity contribution is 0.403. The summed E-state index contributed by atoms with van der Waals surface area (Å²) in [4.78, 5) is 20.2. The monoisotopic (exact) mass is 291 g/mol. The number of hydrogen-bond donors (Lipinski definition) is 3. The molecular formula is C13H17N5O3. The first-order chi connectivity index (χ1) is 9.93. The lowest BCUT2D eigenvalue weighted by Crippen LogP contribution is -2.37.